The van der Waals surface area contributed by atoms with Crippen molar-refractivity contribution in [2.75, 3.05) is 13.2 Å². The molecule has 1 atom stereocenters. The number of hydrogen-bond acceptors (Lipinski definition) is 6. The molecule has 0 saturated carbocycles. The number of hydrogen-bond donors (Lipinski definition) is 0. The summed E-state index contributed by atoms with van der Waals surface area (Å²) in [5.74, 6) is -1.05. The standard InChI is InChI=1S/C75H132O6/c1-4-7-10-13-16-19-22-25-28-29-30-31-32-33-34-35-36-37-38-39-40-41-42-43-44-45-46-48-50-53-56-59-62-65-68-74(77)80-71-72(70-79-73(76)67-64-61-58-55-52-49-27-24-21-18-15-12-9-6-3)81-75(78)69-66-63-60-57-54-51-47-26-23-20-17-14-11-8-5-2/h8,11,15,17-18,20,24,26-27,47,54,57,63,66,72H,4-7,9-10,12-14,16,19,21-23,25,28-46,48-53,55-56,58-62,64-65,67-71H2,1-3H3/b11-8-,18-15-,20-17-,27-24-,47-26-,57-54-,66-63-. The van der Waals surface area contributed by atoms with Crippen LogP contribution in [0.1, 0.15) is 355 Å². The van der Waals surface area contributed by atoms with Crippen LogP contribution in [0.25, 0.3) is 0 Å². The van der Waals surface area contributed by atoms with E-state index in [0.29, 0.717) is 12.8 Å². The molecule has 0 rings (SSSR count). The Hall–Kier alpha value is -3.41. The van der Waals surface area contributed by atoms with E-state index in [2.05, 4.69) is 93.7 Å². The first kappa shape index (κ1) is 77.6. The monoisotopic (exact) mass is 1130 g/mol. The fourth-order valence-electron chi connectivity index (χ4n) is 10.2. The average Bonchev–Trinajstić information content (AvgIpc) is 3.47. The molecule has 468 valence electrons. The van der Waals surface area contributed by atoms with E-state index in [4.69, 9.17) is 14.2 Å². The van der Waals surface area contributed by atoms with Gasteiger partial charge in [-0.3, -0.25) is 14.4 Å². The van der Waals surface area contributed by atoms with Gasteiger partial charge in [-0.25, -0.2) is 0 Å². The van der Waals surface area contributed by atoms with E-state index in [-0.39, 0.29) is 31.6 Å². The third-order valence-corrected chi connectivity index (χ3v) is 15.4. The van der Waals surface area contributed by atoms with Crippen LogP contribution in [-0.2, 0) is 28.6 Å². The number of allylic oxidation sites excluding steroid dienone is 13. The van der Waals surface area contributed by atoms with Gasteiger partial charge in [0.1, 0.15) is 13.2 Å². The lowest BCUT2D eigenvalue weighted by Gasteiger charge is -2.18. The predicted molar refractivity (Wildman–Crippen MR) is 353 cm³/mol. The van der Waals surface area contributed by atoms with Crippen LogP contribution in [0, 0.1) is 0 Å². The van der Waals surface area contributed by atoms with Crippen molar-refractivity contribution in [3.8, 4) is 0 Å². The van der Waals surface area contributed by atoms with Crippen molar-refractivity contribution in [3.05, 3.63) is 85.1 Å². The molecule has 0 radical (unpaired) electrons. The fourth-order valence-corrected chi connectivity index (χ4v) is 10.2. The predicted octanol–water partition coefficient (Wildman–Crippen LogP) is 24.2. The topological polar surface area (TPSA) is 78.9 Å². The highest BCUT2D eigenvalue weighted by atomic mass is 16.6. The SMILES string of the molecule is CC/C=C\C/C=C\C/C=C\C/C=C\C/C=C\CC(=O)OC(COC(=O)CCCCCCC/C=C\C/C=C\CCCC)COC(=O)CCCCCCCCCCCCCCCCCCCCCCCCCCCCCCCCCCCC. The van der Waals surface area contributed by atoms with Crippen molar-refractivity contribution < 1.29 is 28.6 Å². The van der Waals surface area contributed by atoms with Gasteiger partial charge in [-0.15, -0.1) is 0 Å². The lowest BCUT2D eigenvalue weighted by molar-refractivity contribution is -0.166. The molecule has 0 fully saturated rings. The minimum Gasteiger partial charge on any atom is -0.462 e. The van der Waals surface area contributed by atoms with Gasteiger partial charge in [0.2, 0.25) is 0 Å². The first-order valence-electron chi connectivity index (χ1n) is 35.1. The van der Waals surface area contributed by atoms with Crippen LogP contribution in [0.3, 0.4) is 0 Å². The third-order valence-electron chi connectivity index (χ3n) is 15.4. The van der Waals surface area contributed by atoms with Gasteiger partial charge in [-0.2, -0.15) is 0 Å². The Balaban J connectivity index is 4.15. The summed E-state index contributed by atoms with van der Waals surface area (Å²) in [6.45, 7) is 6.43. The zero-order valence-corrected chi connectivity index (χ0v) is 53.8. The van der Waals surface area contributed by atoms with Crippen molar-refractivity contribution >= 4 is 17.9 Å². The number of carbonyl (C=O) groups is 3. The zero-order valence-electron chi connectivity index (χ0n) is 53.8. The van der Waals surface area contributed by atoms with E-state index in [1.165, 1.54) is 218 Å². The molecule has 0 saturated heterocycles. The number of esters is 3. The molecule has 0 aromatic heterocycles. The lowest BCUT2D eigenvalue weighted by atomic mass is 10.0. The maximum Gasteiger partial charge on any atom is 0.310 e. The number of ether oxygens (including phenoxy) is 3. The summed E-state index contributed by atoms with van der Waals surface area (Å²) in [5.41, 5.74) is 0. The van der Waals surface area contributed by atoms with Gasteiger partial charge in [-0.05, 0) is 70.6 Å². The first-order valence-corrected chi connectivity index (χ1v) is 35.1. The summed E-state index contributed by atoms with van der Waals surface area (Å²) < 4.78 is 16.8. The molecule has 0 aliphatic carbocycles. The van der Waals surface area contributed by atoms with E-state index in [0.717, 1.165) is 96.3 Å². The van der Waals surface area contributed by atoms with Crippen LogP contribution in [0.2, 0.25) is 0 Å². The quantitative estimate of drug-likeness (QED) is 0.0261. The van der Waals surface area contributed by atoms with Gasteiger partial charge < -0.3 is 14.2 Å². The van der Waals surface area contributed by atoms with Gasteiger partial charge in [-0.1, -0.05) is 350 Å². The summed E-state index contributed by atoms with van der Waals surface area (Å²) in [6, 6.07) is 0. The molecule has 1 unspecified atom stereocenters. The van der Waals surface area contributed by atoms with Gasteiger partial charge in [0.25, 0.3) is 0 Å². The van der Waals surface area contributed by atoms with Gasteiger partial charge in [0.05, 0.1) is 6.42 Å². The molecular formula is C75H132O6. The van der Waals surface area contributed by atoms with Crippen LogP contribution in [-0.4, -0.2) is 37.2 Å². The van der Waals surface area contributed by atoms with Crippen molar-refractivity contribution in [2.24, 2.45) is 0 Å². The third kappa shape index (κ3) is 67.3. The molecular weight excluding hydrogens is 997 g/mol. The molecule has 6 heteroatoms. The number of unbranched alkanes of at least 4 members (excludes halogenated alkanes) is 40. The average molecular weight is 1130 g/mol. The smallest absolute Gasteiger partial charge is 0.310 e. The number of carbonyl (C=O) groups excluding carboxylic acids is 3. The second-order valence-corrected chi connectivity index (χ2v) is 23.4. The zero-order chi connectivity index (χ0) is 58.5. The summed E-state index contributed by atoms with van der Waals surface area (Å²) in [6.07, 6.45) is 92.4. The maximum atomic E-state index is 12.8. The molecule has 0 aliphatic heterocycles. The Labute approximate surface area is 503 Å². The summed E-state index contributed by atoms with van der Waals surface area (Å²) in [4.78, 5) is 38.2. The Bertz CT molecular complexity index is 1530. The van der Waals surface area contributed by atoms with Crippen LogP contribution in [0.4, 0.5) is 0 Å². The van der Waals surface area contributed by atoms with E-state index in [1.54, 1.807) is 6.08 Å². The van der Waals surface area contributed by atoms with Crippen LogP contribution in [0.5, 0.6) is 0 Å². The van der Waals surface area contributed by atoms with Crippen molar-refractivity contribution in [2.45, 2.75) is 361 Å². The van der Waals surface area contributed by atoms with E-state index in [9.17, 15) is 14.4 Å². The number of rotatable bonds is 64. The van der Waals surface area contributed by atoms with Crippen LogP contribution >= 0.6 is 0 Å². The first-order chi connectivity index (χ1) is 40.0. The molecule has 0 aliphatic rings. The second-order valence-electron chi connectivity index (χ2n) is 23.4. The minimum atomic E-state index is -0.837. The highest BCUT2D eigenvalue weighted by molar-refractivity contribution is 5.72. The largest absolute Gasteiger partial charge is 0.462 e. The van der Waals surface area contributed by atoms with Gasteiger partial charge in [0, 0.05) is 12.8 Å². The van der Waals surface area contributed by atoms with E-state index in [1.807, 2.05) is 6.08 Å². The highest BCUT2D eigenvalue weighted by Gasteiger charge is 2.19. The second kappa shape index (κ2) is 69.1. The molecule has 0 aromatic rings. The van der Waals surface area contributed by atoms with E-state index < -0.39 is 12.1 Å². The molecule has 6 nitrogen and oxygen atoms in total. The molecule has 81 heavy (non-hydrogen) atoms. The van der Waals surface area contributed by atoms with Crippen molar-refractivity contribution in [3.63, 3.8) is 0 Å². The minimum absolute atomic E-state index is 0.0948. The Morgan fingerprint density at radius 3 is 0.852 bits per heavy atom. The molecule has 0 spiro atoms. The highest BCUT2D eigenvalue weighted by Crippen LogP contribution is 2.18. The normalized spacial score (nSPS) is 12.6. The summed E-state index contributed by atoms with van der Waals surface area (Å²) in [7, 11) is 0. The summed E-state index contributed by atoms with van der Waals surface area (Å²) >= 11 is 0. The fraction of sp³-hybridized carbons (Fsp3) is 0.773. The van der Waals surface area contributed by atoms with E-state index >= 15 is 0 Å². The molecule has 0 bridgehead atoms. The Kier molecular flexibility index (Phi) is 66.2. The van der Waals surface area contributed by atoms with Crippen molar-refractivity contribution in [1.82, 2.24) is 0 Å². The molecule has 0 N–H and O–H groups in total. The van der Waals surface area contributed by atoms with Gasteiger partial charge >= 0.3 is 17.9 Å². The Morgan fingerprint density at radius 1 is 0.272 bits per heavy atom. The molecule has 0 amide bonds. The Morgan fingerprint density at radius 2 is 0.531 bits per heavy atom. The van der Waals surface area contributed by atoms with Crippen LogP contribution in [0.15, 0.2) is 85.1 Å². The van der Waals surface area contributed by atoms with Gasteiger partial charge in [0.15, 0.2) is 6.10 Å². The molecule has 0 aromatic carbocycles. The lowest BCUT2D eigenvalue weighted by Crippen LogP contribution is -2.30. The molecule has 0 heterocycles. The van der Waals surface area contributed by atoms with Crippen molar-refractivity contribution in [1.29, 1.82) is 0 Å². The van der Waals surface area contributed by atoms with Crippen LogP contribution < -0.4 is 0 Å². The summed E-state index contributed by atoms with van der Waals surface area (Å²) in [5, 5.41) is 0. The maximum absolute atomic E-state index is 12.8.